The number of imidazole rings is 1. The molecule has 3 aromatic carbocycles. The zero-order valence-electron chi connectivity index (χ0n) is 13.9. The topological polar surface area (TPSA) is 17.8 Å². The zero-order chi connectivity index (χ0) is 17.9. The Morgan fingerprint density at radius 3 is 2.04 bits per heavy atom. The lowest BCUT2D eigenvalue weighted by Gasteiger charge is -2.21. The second-order valence-electron chi connectivity index (χ2n) is 6.06. The van der Waals surface area contributed by atoms with Gasteiger partial charge in [-0.05, 0) is 40.5 Å². The van der Waals surface area contributed by atoms with Gasteiger partial charge in [-0.2, -0.15) is 0 Å². The average Bonchev–Trinajstić information content (AvgIpc) is 3.19. The predicted molar refractivity (Wildman–Crippen MR) is 108 cm³/mol. The molecule has 1 unspecified atom stereocenters. The highest BCUT2D eigenvalue weighted by Crippen LogP contribution is 2.33. The van der Waals surface area contributed by atoms with Crippen LogP contribution in [0.25, 0.3) is 11.1 Å². The lowest BCUT2D eigenvalue weighted by Crippen LogP contribution is -2.11. The molecule has 0 saturated heterocycles. The van der Waals surface area contributed by atoms with Gasteiger partial charge in [0.1, 0.15) is 0 Å². The summed E-state index contributed by atoms with van der Waals surface area (Å²) < 4.78 is 2.07. The third-order valence-corrected chi connectivity index (χ3v) is 5.02. The zero-order valence-corrected chi connectivity index (χ0v) is 15.4. The van der Waals surface area contributed by atoms with Crippen LogP contribution < -0.4 is 0 Å². The monoisotopic (exact) mass is 378 g/mol. The van der Waals surface area contributed by atoms with E-state index in [1.807, 2.05) is 55.0 Å². The molecule has 0 N–H and O–H groups in total. The molecule has 4 aromatic rings. The Morgan fingerprint density at radius 1 is 0.769 bits per heavy atom. The van der Waals surface area contributed by atoms with E-state index in [-0.39, 0.29) is 6.04 Å². The van der Waals surface area contributed by atoms with Crippen LogP contribution in [0.1, 0.15) is 17.2 Å². The summed E-state index contributed by atoms with van der Waals surface area (Å²) >= 11 is 12.5. The molecule has 0 saturated carbocycles. The van der Waals surface area contributed by atoms with Crippen molar-refractivity contribution >= 4 is 23.2 Å². The number of hydrogen-bond acceptors (Lipinski definition) is 1. The second kappa shape index (κ2) is 7.36. The number of nitrogens with zero attached hydrogens (tertiary/aromatic N) is 2. The molecule has 4 heteroatoms. The van der Waals surface area contributed by atoms with E-state index in [1.165, 1.54) is 0 Å². The van der Waals surface area contributed by atoms with Gasteiger partial charge in [0.2, 0.25) is 0 Å². The van der Waals surface area contributed by atoms with Gasteiger partial charge in [-0.3, -0.25) is 0 Å². The third-order valence-electron chi connectivity index (χ3n) is 4.43. The normalized spacial score (nSPS) is 12.1. The van der Waals surface area contributed by atoms with E-state index < -0.39 is 0 Å². The molecule has 0 spiro atoms. The largest absolute Gasteiger partial charge is 0.326 e. The number of rotatable bonds is 4. The molecule has 1 aromatic heterocycles. The first-order valence-corrected chi connectivity index (χ1v) is 9.06. The number of hydrogen-bond donors (Lipinski definition) is 0. The molecule has 0 radical (unpaired) electrons. The van der Waals surface area contributed by atoms with Crippen molar-refractivity contribution in [2.45, 2.75) is 6.04 Å². The van der Waals surface area contributed by atoms with E-state index in [0.717, 1.165) is 32.3 Å². The molecule has 0 bridgehead atoms. The summed E-state index contributed by atoms with van der Waals surface area (Å²) in [5.41, 5.74) is 4.48. The summed E-state index contributed by atoms with van der Waals surface area (Å²) in [7, 11) is 0. The highest BCUT2D eigenvalue weighted by Gasteiger charge is 2.18. The Kier molecular flexibility index (Phi) is 4.79. The predicted octanol–water partition coefficient (Wildman–Crippen LogP) is 6.49. The van der Waals surface area contributed by atoms with Gasteiger partial charge in [0.25, 0.3) is 0 Å². The average molecular weight is 379 g/mol. The summed E-state index contributed by atoms with van der Waals surface area (Å²) in [5.74, 6) is 0. The summed E-state index contributed by atoms with van der Waals surface area (Å²) in [5, 5.41) is 1.48. The molecule has 2 nitrogen and oxygen atoms in total. The summed E-state index contributed by atoms with van der Waals surface area (Å²) in [6, 6.07) is 24.3. The van der Waals surface area contributed by atoms with Crippen LogP contribution in [-0.4, -0.2) is 9.55 Å². The highest BCUT2D eigenvalue weighted by atomic mass is 35.5. The molecule has 26 heavy (non-hydrogen) atoms. The molecule has 0 aliphatic carbocycles. The smallest absolute Gasteiger partial charge is 0.0954 e. The van der Waals surface area contributed by atoms with E-state index in [4.69, 9.17) is 23.2 Å². The van der Waals surface area contributed by atoms with Crippen molar-refractivity contribution in [2.75, 3.05) is 0 Å². The fraction of sp³-hybridized carbons (Fsp3) is 0.0455. The van der Waals surface area contributed by atoms with E-state index in [0.29, 0.717) is 0 Å². The summed E-state index contributed by atoms with van der Waals surface area (Å²) in [4.78, 5) is 4.20. The minimum absolute atomic E-state index is 0.0227. The third kappa shape index (κ3) is 3.39. The minimum atomic E-state index is -0.0227. The van der Waals surface area contributed by atoms with Gasteiger partial charge in [0, 0.05) is 22.4 Å². The van der Waals surface area contributed by atoms with Crippen molar-refractivity contribution in [1.82, 2.24) is 9.55 Å². The van der Waals surface area contributed by atoms with Crippen molar-refractivity contribution in [3.8, 4) is 11.1 Å². The van der Waals surface area contributed by atoms with Crippen molar-refractivity contribution in [3.05, 3.63) is 113 Å². The molecule has 0 aliphatic rings. The molecule has 0 fully saturated rings. The number of benzene rings is 3. The van der Waals surface area contributed by atoms with Crippen LogP contribution in [0, 0.1) is 0 Å². The minimum Gasteiger partial charge on any atom is -0.326 e. The van der Waals surface area contributed by atoms with E-state index in [2.05, 4.69) is 39.9 Å². The van der Waals surface area contributed by atoms with E-state index in [1.54, 1.807) is 6.20 Å². The van der Waals surface area contributed by atoms with Crippen LogP contribution in [0.3, 0.4) is 0 Å². The molecular weight excluding hydrogens is 363 g/mol. The fourth-order valence-corrected chi connectivity index (χ4v) is 3.50. The molecular formula is C22H16Cl2N2. The lowest BCUT2D eigenvalue weighted by atomic mass is 9.96. The van der Waals surface area contributed by atoms with Gasteiger partial charge in [-0.25, -0.2) is 4.98 Å². The maximum atomic E-state index is 6.48. The van der Waals surface area contributed by atoms with Crippen LogP contribution in [0.5, 0.6) is 0 Å². The van der Waals surface area contributed by atoms with Gasteiger partial charge in [0.15, 0.2) is 0 Å². The summed E-state index contributed by atoms with van der Waals surface area (Å²) in [6.07, 6.45) is 5.56. The van der Waals surface area contributed by atoms with Crippen molar-refractivity contribution in [3.63, 3.8) is 0 Å². The number of aromatic nitrogens is 2. The van der Waals surface area contributed by atoms with Crippen LogP contribution in [0.15, 0.2) is 91.5 Å². The van der Waals surface area contributed by atoms with Crippen molar-refractivity contribution in [1.29, 1.82) is 0 Å². The van der Waals surface area contributed by atoms with Gasteiger partial charge < -0.3 is 4.57 Å². The first kappa shape index (κ1) is 16.9. The summed E-state index contributed by atoms with van der Waals surface area (Å²) in [6.45, 7) is 0. The Hall–Kier alpha value is -2.55. The second-order valence-corrected chi connectivity index (χ2v) is 6.91. The van der Waals surface area contributed by atoms with Crippen molar-refractivity contribution in [2.24, 2.45) is 0 Å². The Bertz CT molecular complexity index is 991. The first-order chi connectivity index (χ1) is 12.7. The van der Waals surface area contributed by atoms with Crippen molar-refractivity contribution < 1.29 is 0 Å². The van der Waals surface area contributed by atoms with Gasteiger partial charge in [-0.1, -0.05) is 77.8 Å². The molecule has 0 aliphatic heterocycles. The Morgan fingerprint density at radius 2 is 1.42 bits per heavy atom. The highest BCUT2D eigenvalue weighted by molar-refractivity contribution is 6.31. The van der Waals surface area contributed by atoms with Crippen LogP contribution in [0.2, 0.25) is 10.0 Å². The van der Waals surface area contributed by atoms with E-state index in [9.17, 15) is 0 Å². The fourth-order valence-electron chi connectivity index (χ4n) is 3.13. The SMILES string of the molecule is Clc1ccc(-c2ccc(C(c3ccccc3Cl)n3ccnc3)cc2)cc1. The van der Waals surface area contributed by atoms with Gasteiger partial charge in [0.05, 0.1) is 12.4 Å². The molecule has 4 rings (SSSR count). The quantitative estimate of drug-likeness (QED) is 0.396. The lowest BCUT2D eigenvalue weighted by molar-refractivity contribution is 0.677. The van der Waals surface area contributed by atoms with Crippen LogP contribution in [0.4, 0.5) is 0 Å². The van der Waals surface area contributed by atoms with Crippen LogP contribution >= 0.6 is 23.2 Å². The van der Waals surface area contributed by atoms with Gasteiger partial charge in [-0.15, -0.1) is 0 Å². The molecule has 1 atom stereocenters. The number of halogens is 2. The van der Waals surface area contributed by atoms with Crippen LogP contribution in [-0.2, 0) is 0 Å². The molecule has 128 valence electrons. The maximum absolute atomic E-state index is 6.48. The Balaban J connectivity index is 1.75. The molecule has 1 heterocycles. The van der Waals surface area contributed by atoms with E-state index >= 15 is 0 Å². The van der Waals surface area contributed by atoms with Gasteiger partial charge >= 0.3 is 0 Å². The first-order valence-electron chi connectivity index (χ1n) is 8.30. The molecule has 0 amide bonds. The standard InChI is InChI=1S/C22H16Cl2N2/c23-19-11-9-17(10-12-19)16-5-7-18(8-6-16)22(26-14-13-25-15-26)20-3-1-2-4-21(20)24/h1-15,22H. The maximum Gasteiger partial charge on any atom is 0.0954 e. The Labute approximate surface area is 162 Å².